The second-order valence-corrected chi connectivity index (χ2v) is 6.91. The Morgan fingerprint density at radius 3 is 2.77 bits per heavy atom. The summed E-state index contributed by atoms with van der Waals surface area (Å²) in [6.07, 6.45) is -0.263. The smallest absolute Gasteiger partial charge is 0.254 e. The number of rotatable bonds is 4. The maximum absolute atomic E-state index is 13.6. The number of benzene rings is 2. The van der Waals surface area contributed by atoms with Gasteiger partial charge in [0, 0.05) is 17.1 Å². The molecule has 0 radical (unpaired) electrons. The molecule has 26 heavy (non-hydrogen) atoms. The Balaban J connectivity index is 1.60. The van der Waals surface area contributed by atoms with Crippen LogP contribution in [0.4, 0.5) is 4.39 Å². The number of halogens is 3. The normalized spacial score (nSPS) is 17.2. The summed E-state index contributed by atoms with van der Waals surface area (Å²) in [6, 6.07) is 9.47. The highest BCUT2D eigenvalue weighted by Gasteiger charge is 2.26. The number of carbonyl (C=O) groups is 1. The van der Waals surface area contributed by atoms with Gasteiger partial charge in [0.25, 0.3) is 5.91 Å². The molecule has 0 saturated carbocycles. The zero-order valence-corrected chi connectivity index (χ0v) is 15.7. The third-order valence-electron chi connectivity index (χ3n) is 4.16. The molecule has 3 rings (SSSR count). The number of hydrogen-bond acceptors (Lipinski definition) is 3. The van der Waals surface area contributed by atoms with Crippen LogP contribution in [0.1, 0.15) is 15.9 Å². The molecule has 1 aliphatic rings. The summed E-state index contributed by atoms with van der Waals surface area (Å²) in [6.45, 7) is 3.42. The summed E-state index contributed by atoms with van der Waals surface area (Å²) in [4.78, 5) is 14.2. The lowest BCUT2D eigenvalue weighted by Gasteiger charge is -2.33. The molecule has 1 unspecified atom stereocenters. The van der Waals surface area contributed by atoms with E-state index in [2.05, 4.69) is 0 Å². The molecule has 138 valence electrons. The van der Waals surface area contributed by atoms with Gasteiger partial charge in [0.05, 0.1) is 18.2 Å². The van der Waals surface area contributed by atoms with Crippen molar-refractivity contribution in [3.8, 4) is 5.75 Å². The third-order valence-corrected chi connectivity index (χ3v) is 4.89. The number of morpholine rings is 1. The Morgan fingerprint density at radius 1 is 1.27 bits per heavy atom. The maximum Gasteiger partial charge on any atom is 0.254 e. The summed E-state index contributed by atoms with van der Waals surface area (Å²) in [7, 11) is 0. The molecule has 4 nitrogen and oxygen atoms in total. The van der Waals surface area contributed by atoms with Gasteiger partial charge in [-0.1, -0.05) is 23.2 Å². The van der Waals surface area contributed by atoms with Gasteiger partial charge in [0.2, 0.25) is 0 Å². The molecule has 2 aromatic carbocycles. The van der Waals surface area contributed by atoms with Crippen LogP contribution < -0.4 is 4.74 Å². The van der Waals surface area contributed by atoms with Crippen LogP contribution in [0.2, 0.25) is 10.0 Å². The fourth-order valence-electron chi connectivity index (χ4n) is 2.71. The molecule has 0 bridgehead atoms. The lowest BCUT2D eigenvalue weighted by atomic mass is 10.1. The zero-order chi connectivity index (χ0) is 18.7. The van der Waals surface area contributed by atoms with Crippen molar-refractivity contribution in [2.75, 3.05) is 26.3 Å². The van der Waals surface area contributed by atoms with Crippen LogP contribution in [-0.4, -0.2) is 43.2 Å². The molecule has 2 aromatic rings. The van der Waals surface area contributed by atoms with Crippen LogP contribution in [0.15, 0.2) is 36.4 Å². The average molecular weight is 398 g/mol. The predicted octanol–water partition coefficient (Wildman–Crippen LogP) is 4.36. The van der Waals surface area contributed by atoms with Crippen LogP contribution in [-0.2, 0) is 4.74 Å². The molecule has 0 aromatic heterocycles. The Labute approximate surface area is 161 Å². The van der Waals surface area contributed by atoms with Gasteiger partial charge >= 0.3 is 0 Å². The predicted molar refractivity (Wildman–Crippen MR) is 98.7 cm³/mol. The summed E-state index contributed by atoms with van der Waals surface area (Å²) in [5.41, 5.74) is 1.19. The lowest BCUT2D eigenvalue weighted by Crippen LogP contribution is -2.47. The van der Waals surface area contributed by atoms with Gasteiger partial charge in [-0.3, -0.25) is 4.79 Å². The highest BCUT2D eigenvalue weighted by molar-refractivity contribution is 6.31. The van der Waals surface area contributed by atoms with Crippen molar-refractivity contribution in [2.24, 2.45) is 0 Å². The first kappa shape index (κ1) is 19.0. The molecule has 7 heteroatoms. The minimum absolute atomic E-state index is 0.00642. The van der Waals surface area contributed by atoms with Crippen molar-refractivity contribution in [2.45, 2.75) is 13.0 Å². The van der Waals surface area contributed by atoms with Crippen molar-refractivity contribution in [1.82, 2.24) is 4.90 Å². The van der Waals surface area contributed by atoms with Gasteiger partial charge in [-0.2, -0.15) is 0 Å². The topological polar surface area (TPSA) is 38.8 Å². The van der Waals surface area contributed by atoms with Crippen molar-refractivity contribution in [3.05, 3.63) is 63.4 Å². The van der Waals surface area contributed by atoms with Crippen LogP contribution >= 0.6 is 23.2 Å². The van der Waals surface area contributed by atoms with Gasteiger partial charge in [-0.05, 0) is 48.9 Å². The van der Waals surface area contributed by atoms with E-state index in [-0.39, 0.29) is 22.6 Å². The number of carbonyl (C=O) groups excluding carboxylic acids is 1. The SMILES string of the molecule is Cc1cc(OCC2CN(C(=O)c3ccc(Cl)c(F)c3)CCO2)ccc1Cl. The lowest BCUT2D eigenvalue weighted by molar-refractivity contribution is -0.0401. The first-order valence-corrected chi connectivity index (χ1v) is 8.94. The molecule has 1 atom stereocenters. The van der Waals surface area contributed by atoms with Gasteiger partial charge in [0.1, 0.15) is 24.3 Å². The fourth-order valence-corrected chi connectivity index (χ4v) is 2.95. The molecule has 0 N–H and O–H groups in total. The number of nitrogens with zero attached hydrogens (tertiary/aromatic N) is 1. The van der Waals surface area contributed by atoms with Crippen molar-refractivity contribution in [3.63, 3.8) is 0 Å². The van der Waals surface area contributed by atoms with Crippen LogP contribution in [0.5, 0.6) is 5.75 Å². The Kier molecular flexibility index (Phi) is 6.01. The van der Waals surface area contributed by atoms with Gasteiger partial charge in [-0.15, -0.1) is 0 Å². The second kappa shape index (κ2) is 8.25. The summed E-state index contributed by atoms with van der Waals surface area (Å²) in [5.74, 6) is -0.168. The monoisotopic (exact) mass is 397 g/mol. The van der Waals surface area contributed by atoms with E-state index in [0.29, 0.717) is 37.1 Å². The molecular weight excluding hydrogens is 380 g/mol. The highest BCUT2D eigenvalue weighted by atomic mass is 35.5. The van der Waals surface area contributed by atoms with Gasteiger partial charge in [-0.25, -0.2) is 4.39 Å². The van der Waals surface area contributed by atoms with Crippen molar-refractivity contribution >= 4 is 29.1 Å². The Morgan fingerprint density at radius 2 is 2.04 bits per heavy atom. The second-order valence-electron chi connectivity index (χ2n) is 6.09. The largest absolute Gasteiger partial charge is 0.491 e. The maximum atomic E-state index is 13.6. The minimum atomic E-state index is -0.608. The van der Waals surface area contributed by atoms with Gasteiger partial charge < -0.3 is 14.4 Å². The zero-order valence-electron chi connectivity index (χ0n) is 14.2. The Hall–Kier alpha value is -1.82. The molecule has 0 aliphatic carbocycles. The average Bonchev–Trinajstić information content (AvgIpc) is 2.64. The van der Waals surface area contributed by atoms with Crippen LogP contribution in [0.25, 0.3) is 0 Å². The fraction of sp³-hybridized carbons (Fsp3) is 0.316. The molecule has 1 fully saturated rings. The first-order chi connectivity index (χ1) is 12.4. The van der Waals surface area contributed by atoms with Gasteiger partial charge in [0.15, 0.2) is 0 Å². The summed E-state index contributed by atoms with van der Waals surface area (Å²) in [5, 5.41) is 0.672. The Bertz CT molecular complexity index is 815. The minimum Gasteiger partial charge on any atom is -0.491 e. The molecule has 1 saturated heterocycles. The standard InChI is InChI=1S/C19H18Cl2FNO3/c1-12-8-14(3-5-16(12)20)26-11-15-10-23(6-7-25-15)19(24)13-2-4-17(21)18(22)9-13/h2-5,8-9,15H,6-7,10-11H2,1H3. The molecule has 0 spiro atoms. The van der Waals surface area contributed by atoms with E-state index in [1.807, 2.05) is 13.0 Å². The molecule has 1 amide bonds. The number of hydrogen-bond donors (Lipinski definition) is 0. The molecular formula is C19H18Cl2FNO3. The molecule has 1 heterocycles. The van der Waals surface area contributed by atoms with E-state index in [0.717, 1.165) is 11.6 Å². The van der Waals surface area contributed by atoms with Crippen molar-refractivity contribution < 1.29 is 18.7 Å². The van der Waals surface area contributed by atoms with E-state index in [9.17, 15) is 9.18 Å². The van der Waals surface area contributed by atoms with Crippen molar-refractivity contribution in [1.29, 1.82) is 0 Å². The summed E-state index contributed by atoms with van der Waals surface area (Å²) < 4.78 is 25.0. The van der Waals surface area contributed by atoms with Crippen LogP contribution in [0.3, 0.4) is 0 Å². The van der Waals surface area contributed by atoms with E-state index in [1.165, 1.54) is 12.1 Å². The van der Waals surface area contributed by atoms with E-state index < -0.39 is 5.82 Å². The third kappa shape index (κ3) is 4.47. The summed E-state index contributed by atoms with van der Waals surface area (Å²) >= 11 is 11.7. The van der Waals surface area contributed by atoms with E-state index >= 15 is 0 Å². The number of ether oxygens (including phenoxy) is 2. The highest BCUT2D eigenvalue weighted by Crippen LogP contribution is 2.22. The number of amides is 1. The number of aryl methyl sites for hydroxylation is 1. The first-order valence-electron chi connectivity index (χ1n) is 8.19. The van der Waals surface area contributed by atoms with E-state index in [1.54, 1.807) is 17.0 Å². The molecule has 1 aliphatic heterocycles. The van der Waals surface area contributed by atoms with Crippen LogP contribution in [0, 0.1) is 12.7 Å². The van der Waals surface area contributed by atoms with E-state index in [4.69, 9.17) is 32.7 Å². The quantitative estimate of drug-likeness (QED) is 0.768.